The number of benzene rings is 1. The Morgan fingerprint density at radius 1 is 1.09 bits per heavy atom. The summed E-state index contributed by atoms with van der Waals surface area (Å²) in [5.74, 6) is -0.460. The van der Waals surface area contributed by atoms with Crippen LogP contribution in [0.5, 0.6) is 0 Å². The standard InChI is InChI=1S/C26H30N6O3/c1-30(2)10-11-31(3)21-16-20(25(33)34)27-24-22(19-9-5-7-17-6-4-8-18(17)19)28-26(29-23(21)24)32-12-14-35-15-13-32/h4-5,7-9,16H,6,10-15H2,1-3H3,(H,33,34). The number of aromatic nitrogens is 3. The van der Waals surface area contributed by atoms with E-state index >= 15 is 0 Å². The lowest BCUT2D eigenvalue weighted by Crippen LogP contribution is -2.37. The van der Waals surface area contributed by atoms with Crippen molar-refractivity contribution in [3.63, 3.8) is 0 Å². The highest BCUT2D eigenvalue weighted by molar-refractivity contribution is 6.02. The molecule has 35 heavy (non-hydrogen) atoms. The van der Waals surface area contributed by atoms with Crippen LogP contribution in [0.15, 0.2) is 30.3 Å². The number of ether oxygens (including phenoxy) is 1. The van der Waals surface area contributed by atoms with Gasteiger partial charge in [-0.3, -0.25) is 0 Å². The maximum Gasteiger partial charge on any atom is 0.354 e. The highest BCUT2D eigenvalue weighted by Crippen LogP contribution is 2.37. The molecule has 0 bridgehead atoms. The third-order valence-electron chi connectivity index (χ3n) is 6.50. The Hall–Kier alpha value is -3.56. The molecule has 0 amide bonds. The van der Waals surface area contributed by atoms with E-state index in [-0.39, 0.29) is 5.69 Å². The van der Waals surface area contributed by atoms with E-state index < -0.39 is 5.97 Å². The predicted octanol–water partition coefficient (Wildman–Crippen LogP) is 2.79. The number of carboxylic acid groups (broad SMARTS) is 1. The number of aromatic carboxylic acids is 1. The lowest BCUT2D eigenvalue weighted by Gasteiger charge is -2.28. The molecule has 3 heterocycles. The molecule has 1 aliphatic heterocycles. The summed E-state index contributed by atoms with van der Waals surface area (Å²) < 4.78 is 5.55. The minimum Gasteiger partial charge on any atom is -0.477 e. The van der Waals surface area contributed by atoms with Crippen molar-refractivity contribution in [1.29, 1.82) is 0 Å². The molecule has 2 aliphatic rings. The molecule has 0 spiro atoms. The maximum absolute atomic E-state index is 12.1. The molecule has 1 fully saturated rings. The summed E-state index contributed by atoms with van der Waals surface area (Å²) in [6, 6.07) is 7.79. The lowest BCUT2D eigenvalue weighted by molar-refractivity contribution is 0.0691. The summed E-state index contributed by atoms with van der Waals surface area (Å²) in [5, 5.41) is 9.88. The molecule has 1 aliphatic carbocycles. The van der Waals surface area contributed by atoms with Gasteiger partial charge in [0.25, 0.3) is 0 Å². The molecule has 2 aromatic heterocycles. The molecule has 1 aromatic carbocycles. The summed E-state index contributed by atoms with van der Waals surface area (Å²) in [5.41, 5.74) is 5.79. The van der Waals surface area contributed by atoms with Crippen molar-refractivity contribution in [3.8, 4) is 11.3 Å². The Balaban J connectivity index is 1.78. The highest BCUT2D eigenvalue weighted by Gasteiger charge is 2.24. The average molecular weight is 475 g/mol. The van der Waals surface area contributed by atoms with E-state index in [4.69, 9.17) is 14.7 Å². The van der Waals surface area contributed by atoms with Gasteiger partial charge in [-0.05, 0) is 37.7 Å². The second-order valence-corrected chi connectivity index (χ2v) is 9.21. The van der Waals surface area contributed by atoms with Crippen LogP contribution in [-0.2, 0) is 11.2 Å². The van der Waals surface area contributed by atoms with Crippen LogP contribution in [0.2, 0.25) is 0 Å². The average Bonchev–Trinajstić information content (AvgIpc) is 3.35. The largest absolute Gasteiger partial charge is 0.477 e. The van der Waals surface area contributed by atoms with Gasteiger partial charge in [-0.2, -0.15) is 0 Å². The van der Waals surface area contributed by atoms with Gasteiger partial charge in [0.15, 0.2) is 5.69 Å². The van der Waals surface area contributed by atoms with E-state index in [0.29, 0.717) is 55.5 Å². The number of likely N-dealkylation sites (N-methyl/N-ethyl adjacent to an activating group) is 2. The molecule has 9 heteroatoms. The number of rotatable bonds is 7. The maximum atomic E-state index is 12.1. The van der Waals surface area contributed by atoms with Crippen LogP contribution in [-0.4, -0.2) is 91.5 Å². The first-order chi connectivity index (χ1) is 16.9. The third-order valence-corrected chi connectivity index (χ3v) is 6.50. The molecular formula is C26H30N6O3. The molecule has 0 unspecified atom stereocenters. The molecule has 1 saturated heterocycles. The monoisotopic (exact) mass is 474 g/mol. The van der Waals surface area contributed by atoms with Crippen LogP contribution in [0.25, 0.3) is 28.4 Å². The third kappa shape index (κ3) is 4.56. The van der Waals surface area contributed by atoms with Crippen molar-refractivity contribution < 1.29 is 14.6 Å². The van der Waals surface area contributed by atoms with Gasteiger partial charge in [-0.1, -0.05) is 30.4 Å². The van der Waals surface area contributed by atoms with E-state index in [1.165, 1.54) is 5.56 Å². The number of anilines is 2. The number of pyridine rings is 1. The van der Waals surface area contributed by atoms with Crippen LogP contribution in [0, 0.1) is 0 Å². The zero-order valence-electron chi connectivity index (χ0n) is 20.4. The number of fused-ring (bicyclic) bond motifs is 2. The lowest BCUT2D eigenvalue weighted by atomic mass is 9.99. The van der Waals surface area contributed by atoms with Gasteiger partial charge < -0.3 is 24.5 Å². The number of hydrogen-bond acceptors (Lipinski definition) is 8. The number of morpholine rings is 1. The Kier molecular flexibility index (Phi) is 6.36. The molecule has 5 rings (SSSR count). The Labute approximate surface area is 204 Å². The molecule has 1 N–H and O–H groups in total. The van der Waals surface area contributed by atoms with Gasteiger partial charge in [0.2, 0.25) is 5.95 Å². The highest BCUT2D eigenvalue weighted by atomic mass is 16.5. The summed E-state index contributed by atoms with van der Waals surface area (Å²) in [6.07, 6.45) is 5.12. The van der Waals surface area contributed by atoms with Crippen molar-refractivity contribution in [2.75, 3.05) is 70.3 Å². The van der Waals surface area contributed by atoms with E-state index in [1.54, 1.807) is 6.07 Å². The normalized spacial score (nSPS) is 15.1. The van der Waals surface area contributed by atoms with E-state index in [2.05, 4.69) is 33.0 Å². The summed E-state index contributed by atoms with van der Waals surface area (Å²) >= 11 is 0. The molecule has 0 atom stereocenters. The molecule has 0 radical (unpaired) electrons. The van der Waals surface area contributed by atoms with Crippen molar-refractivity contribution in [3.05, 3.63) is 47.2 Å². The Bertz CT molecular complexity index is 1300. The van der Waals surface area contributed by atoms with Crippen LogP contribution >= 0.6 is 0 Å². The Morgan fingerprint density at radius 3 is 2.63 bits per heavy atom. The van der Waals surface area contributed by atoms with Gasteiger partial charge in [0.1, 0.15) is 16.7 Å². The quantitative estimate of drug-likeness (QED) is 0.555. The van der Waals surface area contributed by atoms with Crippen LogP contribution in [0.1, 0.15) is 21.6 Å². The molecule has 182 valence electrons. The fourth-order valence-corrected chi connectivity index (χ4v) is 4.54. The van der Waals surface area contributed by atoms with Gasteiger partial charge in [-0.15, -0.1) is 0 Å². The SMILES string of the molecule is CN(C)CCN(C)c1cc(C(=O)O)nc2c(-c3cccc4c3C=CC4)nc(N3CCOCC3)nc12. The smallest absolute Gasteiger partial charge is 0.354 e. The molecule has 3 aromatic rings. The zero-order chi connectivity index (χ0) is 24.5. The number of carboxylic acids is 1. The summed E-state index contributed by atoms with van der Waals surface area (Å²) in [4.78, 5) is 32.9. The predicted molar refractivity (Wildman–Crippen MR) is 137 cm³/mol. The molecule has 9 nitrogen and oxygen atoms in total. The molecular weight excluding hydrogens is 444 g/mol. The summed E-state index contributed by atoms with van der Waals surface area (Å²) in [7, 11) is 5.99. The van der Waals surface area contributed by atoms with Gasteiger partial charge in [0.05, 0.1) is 18.9 Å². The van der Waals surface area contributed by atoms with Gasteiger partial charge in [-0.25, -0.2) is 19.7 Å². The van der Waals surface area contributed by atoms with E-state index in [0.717, 1.165) is 29.8 Å². The fourth-order valence-electron chi connectivity index (χ4n) is 4.54. The van der Waals surface area contributed by atoms with E-state index in [9.17, 15) is 9.90 Å². The van der Waals surface area contributed by atoms with Crippen molar-refractivity contribution in [2.24, 2.45) is 0 Å². The van der Waals surface area contributed by atoms with Crippen molar-refractivity contribution in [1.82, 2.24) is 19.9 Å². The minimum absolute atomic E-state index is 0.0173. The fraction of sp³-hybridized carbons (Fsp3) is 0.385. The number of hydrogen-bond donors (Lipinski definition) is 1. The minimum atomic E-state index is -1.07. The Morgan fingerprint density at radius 2 is 1.89 bits per heavy atom. The van der Waals surface area contributed by atoms with Crippen molar-refractivity contribution in [2.45, 2.75) is 6.42 Å². The first-order valence-electron chi connectivity index (χ1n) is 11.9. The van der Waals surface area contributed by atoms with Crippen molar-refractivity contribution >= 4 is 34.7 Å². The first-order valence-corrected chi connectivity index (χ1v) is 11.9. The van der Waals surface area contributed by atoms with Crippen LogP contribution in [0.3, 0.4) is 0 Å². The number of nitrogens with zero attached hydrogens (tertiary/aromatic N) is 6. The van der Waals surface area contributed by atoms with Gasteiger partial charge in [0, 0.05) is 38.8 Å². The number of allylic oxidation sites excluding steroid dienone is 1. The van der Waals surface area contributed by atoms with Crippen LogP contribution in [0.4, 0.5) is 11.6 Å². The zero-order valence-corrected chi connectivity index (χ0v) is 20.4. The first kappa shape index (κ1) is 23.2. The topological polar surface area (TPSA) is 94.9 Å². The molecule has 0 saturated carbocycles. The number of carbonyl (C=O) groups is 1. The van der Waals surface area contributed by atoms with Crippen LogP contribution < -0.4 is 9.80 Å². The van der Waals surface area contributed by atoms with E-state index in [1.807, 2.05) is 38.2 Å². The summed E-state index contributed by atoms with van der Waals surface area (Å²) in [6.45, 7) is 4.15. The van der Waals surface area contributed by atoms with Gasteiger partial charge >= 0.3 is 5.97 Å². The second-order valence-electron chi connectivity index (χ2n) is 9.21. The second kappa shape index (κ2) is 9.59.